The molecule has 1 N–H and O–H groups in total. The Bertz CT molecular complexity index is 1330. The fourth-order valence-corrected chi connectivity index (χ4v) is 4.04. The van der Waals surface area contributed by atoms with Gasteiger partial charge < -0.3 is 9.67 Å². The van der Waals surface area contributed by atoms with Crippen LogP contribution >= 0.6 is 0 Å². The first kappa shape index (κ1) is 29.5. The van der Waals surface area contributed by atoms with Crippen LogP contribution in [0.15, 0.2) is 97.5 Å². The average Bonchev–Trinajstić information content (AvgIpc) is 3.44. The van der Waals surface area contributed by atoms with Gasteiger partial charge in [-0.3, -0.25) is 4.98 Å². The zero-order chi connectivity index (χ0) is 27.2. The molecule has 0 aliphatic heterocycles. The van der Waals surface area contributed by atoms with Crippen LogP contribution in [0.25, 0.3) is 22.0 Å². The number of imidazole rings is 1. The minimum absolute atomic E-state index is 0.664. The Kier molecular flexibility index (Phi) is 12.2. The molecule has 0 spiro atoms. The fraction of sp³-hybridized carbons (Fsp3) is 0.273. The summed E-state index contributed by atoms with van der Waals surface area (Å²) in [6, 6.07) is 28.6. The number of aryl methyl sites for hydroxylation is 1. The lowest BCUT2D eigenvalue weighted by molar-refractivity contribution is 0.210. The van der Waals surface area contributed by atoms with E-state index in [9.17, 15) is 5.11 Å². The molecule has 1 atom stereocenters. The van der Waals surface area contributed by atoms with E-state index >= 15 is 0 Å². The summed E-state index contributed by atoms with van der Waals surface area (Å²) in [6.07, 6.45) is 2.73. The van der Waals surface area contributed by atoms with Crippen molar-refractivity contribution >= 4 is 10.9 Å². The van der Waals surface area contributed by atoms with Crippen molar-refractivity contribution in [1.29, 1.82) is 0 Å². The first-order valence-corrected chi connectivity index (χ1v) is 13.4. The maximum absolute atomic E-state index is 11.2. The number of pyridine rings is 1. The van der Waals surface area contributed by atoms with Crippen LogP contribution in [0.2, 0.25) is 0 Å². The van der Waals surface area contributed by atoms with E-state index < -0.39 is 6.10 Å². The number of hydrogen-bond acceptors (Lipinski definition) is 3. The van der Waals surface area contributed by atoms with Gasteiger partial charge in [0.25, 0.3) is 0 Å². The zero-order valence-electron chi connectivity index (χ0n) is 23.3. The van der Waals surface area contributed by atoms with Crippen LogP contribution in [0.1, 0.15) is 70.2 Å². The second kappa shape index (κ2) is 15.4. The van der Waals surface area contributed by atoms with Crippen LogP contribution in [0, 0.1) is 6.92 Å². The number of fused-ring (bicyclic) bond motifs is 1. The number of hydrogen-bond donors (Lipinski definition) is 1. The monoisotopic (exact) mass is 495 g/mol. The molecule has 0 amide bonds. The Labute approximate surface area is 222 Å². The Balaban J connectivity index is 0.000000750. The summed E-state index contributed by atoms with van der Waals surface area (Å²) < 4.78 is 2.00. The number of nitrogens with zero attached hydrogens (tertiary/aromatic N) is 3. The van der Waals surface area contributed by atoms with Crippen LogP contribution in [0.3, 0.4) is 0 Å². The van der Waals surface area contributed by atoms with Gasteiger partial charge in [0.15, 0.2) is 0 Å². The molecule has 0 saturated carbocycles. The molecule has 2 aromatic heterocycles. The van der Waals surface area contributed by atoms with E-state index in [2.05, 4.69) is 41.4 Å². The van der Waals surface area contributed by atoms with E-state index in [4.69, 9.17) is 4.98 Å². The van der Waals surface area contributed by atoms with Crippen molar-refractivity contribution in [1.82, 2.24) is 14.5 Å². The van der Waals surface area contributed by atoms with Crippen LogP contribution in [-0.2, 0) is 6.54 Å². The molecular formula is C33H41N3O. The van der Waals surface area contributed by atoms with Gasteiger partial charge in [0.05, 0.1) is 23.7 Å². The van der Waals surface area contributed by atoms with Gasteiger partial charge in [0, 0.05) is 17.6 Å². The summed E-state index contributed by atoms with van der Waals surface area (Å²) in [4.78, 5) is 8.99. The number of aromatic nitrogens is 3. The standard InChI is InChI=1S/C27H23N3O.3C2H6/c1-19-14-23(21-10-6-3-7-11-21)24-15-22(12-13-25(24)29-19)27(31)26-16-28-18-30(26)17-20-8-4-2-5-9-20;3*1-2/h2-16,18,27,31H,17H2,1H3;3*1-2H3. The van der Waals surface area contributed by atoms with Crippen molar-refractivity contribution in [3.05, 3.63) is 120 Å². The molecule has 0 bridgehead atoms. The quantitative estimate of drug-likeness (QED) is 0.265. The SMILES string of the molecule is CC.CC.CC.Cc1cc(-c2ccccc2)c2cc(C(O)c3cncn3Cc3ccccc3)ccc2n1. The zero-order valence-corrected chi connectivity index (χ0v) is 23.3. The van der Waals surface area contributed by atoms with Crippen LogP contribution in [0.4, 0.5) is 0 Å². The summed E-state index contributed by atoms with van der Waals surface area (Å²) >= 11 is 0. The first-order valence-electron chi connectivity index (χ1n) is 13.4. The van der Waals surface area contributed by atoms with Gasteiger partial charge in [-0.25, -0.2) is 4.98 Å². The maximum Gasteiger partial charge on any atom is 0.121 e. The smallest absolute Gasteiger partial charge is 0.121 e. The molecule has 37 heavy (non-hydrogen) atoms. The molecule has 1 unspecified atom stereocenters. The molecule has 4 heteroatoms. The molecule has 2 heterocycles. The van der Waals surface area contributed by atoms with Crippen molar-refractivity contribution in [2.75, 3.05) is 0 Å². The molecule has 194 valence electrons. The molecule has 5 rings (SSSR count). The summed E-state index contributed by atoms with van der Waals surface area (Å²) in [5.41, 5.74) is 6.91. The molecular weight excluding hydrogens is 454 g/mol. The molecule has 3 aromatic carbocycles. The third-order valence-electron chi connectivity index (χ3n) is 5.58. The van der Waals surface area contributed by atoms with E-state index in [1.165, 1.54) is 5.56 Å². The number of aliphatic hydroxyl groups excluding tert-OH is 1. The lowest BCUT2D eigenvalue weighted by Gasteiger charge is -2.16. The molecule has 0 saturated heterocycles. The number of rotatable bonds is 5. The predicted octanol–water partition coefficient (Wildman–Crippen LogP) is 8.62. The van der Waals surface area contributed by atoms with Crippen molar-refractivity contribution < 1.29 is 5.11 Å². The lowest BCUT2D eigenvalue weighted by atomic mass is 9.97. The van der Waals surface area contributed by atoms with Gasteiger partial charge in [-0.2, -0.15) is 0 Å². The Hall–Kier alpha value is -3.76. The van der Waals surface area contributed by atoms with Gasteiger partial charge in [-0.15, -0.1) is 0 Å². The van der Waals surface area contributed by atoms with Crippen molar-refractivity contribution in [3.63, 3.8) is 0 Å². The normalized spacial score (nSPS) is 10.7. The largest absolute Gasteiger partial charge is 0.382 e. The van der Waals surface area contributed by atoms with E-state index in [1.807, 2.05) is 102 Å². The minimum atomic E-state index is -0.777. The van der Waals surface area contributed by atoms with Crippen LogP contribution < -0.4 is 0 Å². The fourth-order valence-electron chi connectivity index (χ4n) is 4.04. The molecule has 0 radical (unpaired) electrons. The van der Waals surface area contributed by atoms with Crippen molar-refractivity contribution in [3.8, 4) is 11.1 Å². The second-order valence-corrected chi connectivity index (χ2v) is 7.79. The van der Waals surface area contributed by atoms with Gasteiger partial charge in [-0.1, -0.05) is 108 Å². The Morgan fingerprint density at radius 3 is 2.05 bits per heavy atom. The van der Waals surface area contributed by atoms with Crippen molar-refractivity contribution in [2.24, 2.45) is 0 Å². The van der Waals surface area contributed by atoms with Gasteiger partial charge in [0.1, 0.15) is 6.10 Å². The second-order valence-electron chi connectivity index (χ2n) is 7.79. The molecule has 0 aliphatic rings. The summed E-state index contributed by atoms with van der Waals surface area (Å²) in [5.74, 6) is 0. The first-order chi connectivity index (χ1) is 18.2. The van der Waals surface area contributed by atoms with Crippen LogP contribution in [0.5, 0.6) is 0 Å². The highest BCUT2D eigenvalue weighted by atomic mass is 16.3. The summed E-state index contributed by atoms with van der Waals surface area (Å²) in [6.45, 7) is 14.7. The number of benzene rings is 3. The predicted molar refractivity (Wildman–Crippen MR) is 158 cm³/mol. The van der Waals surface area contributed by atoms with Gasteiger partial charge in [-0.05, 0) is 47.4 Å². The topological polar surface area (TPSA) is 50.9 Å². The van der Waals surface area contributed by atoms with E-state index in [1.54, 1.807) is 12.5 Å². The Morgan fingerprint density at radius 1 is 0.784 bits per heavy atom. The van der Waals surface area contributed by atoms with E-state index in [0.717, 1.165) is 39.0 Å². The van der Waals surface area contributed by atoms with E-state index in [-0.39, 0.29) is 0 Å². The van der Waals surface area contributed by atoms with Crippen molar-refractivity contribution in [2.45, 2.75) is 61.1 Å². The van der Waals surface area contributed by atoms with Crippen LogP contribution in [-0.4, -0.2) is 19.6 Å². The third kappa shape index (κ3) is 7.37. The summed E-state index contributed by atoms with van der Waals surface area (Å²) in [5, 5.41) is 12.3. The highest BCUT2D eigenvalue weighted by Gasteiger charge is 2.17. The number of aliphatic hydroxyl groups is 1. The highest BCUT2D eigenvalue weighted by Crippen LogP contribution is 2.32. The molecule has 0 aliphatic carbocycles. The molecule has 0 fully saturated rings. The third-order valence-corrected chi connectivity index (χ3v) is 5.58. The van der Waals surface area contributed by atoms with Gasteiger partial charge >= 0.3 is 0 Å². The lowest BCUT2D eigenvalue weighted by Crippen LogP contribution is -2.09. The highest BCUT2D eigenvalue weighted by molar-refractivity contribution is 5.95. The average molecular weight is 496 g/mol. The Morgan fingerprint density at radius 2 is 1.41 bits per heavy atom. The molecule has 4 nitrogen and oxygen atoms in total. The molecule has 5 aromatic rings. The summed E-state index contributed by atoms with van der Waals surface area (Å²) in [7, 11) is 0. The van der Waals surface area contributed by atoms with Gasteiger partial charge in [0.2, 0.25) is 0 Å². The van der Waals surface area contributed by atoms with E-state index in [0.29, 0.717) is 6.54 Å². The maximum atomic E-state index is 11.2. The minimum Gasteiger partial charge on any atom is -0.382 e.